The number of carbonyl (C=O) groups excluding carboxylic acids is 5. The van der Waals surface area contributed by atoms with Crippen LogP contribution in [0.4, 0.5) is 9.59 Å². The molecule has 1 saturated heterocycles. The van der Waals surface area contributed by atoms with Gasteiger partial charge in [-0.1, -0.05) is 54.6 Å². The van der Waals surface area contributed by atoms with E-state index in [0.717, 1.165) is 0 Å². The first-order valence-electron chi connectivity index (χ1n) is 13.7. The van der Waals surface area contributed by atoms with Crippen LogP contribution in [0.1, 0.15) is 38.0 Å². The van der Waals surface area contributed by atoms with E-state index < -0.39 is 67.1 Å². The summed E-state index contributed by atoms with van der Waals surface area (Å²) in [5.41, 5.74) is 6.22. The summed E-state index contributed by atoms with van der Waals surface area (Å²) in [5.74, 6) is -2.90. The molecule has 0 saturated carbocycles. The summed E-state index contributed by atoms with van der Waals surface area (Å²) >= 11 is 0. The van der Waals surface area contributed by atoms with Crippen LogP contribution < -0.4 is 16.4 Å². The number of guanidine groups is 1. The predicted octanol–water partition coefficient (Wildman–Crippen LogP) is 2.79. The molecule has 0 spiro atoms. The number of aliphatic imine (C=N–C) groups is 1. The van der Waals surface area contributed by atoms with Crippen molar-refractivity contribution in [3.63, 3.8) is 0 Å². The molecule has 0 radical (unpaired) electrons. The Morgan fingerprint density at radius 3 is 1.73 bits per heavy atom. The summed E-state index contributed by atoms with van der Waals surface area (Å²) in [5, 5.41) is 4.55. The molecule has 4 atom stereocenters. The van der Waals surface area contributed by atoms with Gasteiger partial charge in [-0.2, -0.15) is 0 Å². The van der Waals surface area contributed by atoms with Crippen LogP contribution in [0.15, 0.2) is 96.0 Å². The molecule has 3 aromatic rings. The fourth-order valence-electron chi connectivity index (χ4n) is 4.16. The van der Waals surface area contributed by atoms with Crippen LogP contribution in [0.2, 0.25) is 0 Å². The summed E-state index contributed by atoms with van der Waals surface area (Å²) < 4.78 is 27.5. The standard InChI is InChI=1S/C31H30N4O10/c1-2-41-31(40)35-29(32)34-30(39)33-25-24(45-28(38)21-16-10-5-11-17-21)23(44-27(37)20-14-8-4-9-15-20)22(43-25)18-42-26(36)19-12-6-3-7-13-19/h3-17,22-25H,2,18H2,1H3,(H4,32,33,34,35,39,40). The van der Waals surface area contributed by atoms with Crippen molar-refractivity contribution in [3.05, 3.63) is 108 Å². The molecule has 4 unspecified atom stereocenters. The number of rotatable bonds is 9. The van der Waals surface area contributed by atoms with Crippen LogP contribution in [0, 0.1) is 0 Å². The normalized spacial score (nSPS) is 19.1. The van der Waals surface area contributed by atoms with Gasteiger partial charge in [0.15, 0.2) is 18.4 Å². The number of amides is 3. The van der Waals surface area contributed by atoms with Gasteiger partial charge in [-0.25, -0.2) is 24.0 Å². The van der Waals surface area contributed by atoms with Gasteiger partial charge in [-0.05, 0) is 43.3 Å². The van der Waals surface area contributed by atoms with Gasteiger partial charge in [-0.15, -0.1) is 4.99 Å². The van der Waals surface area contributed by atoms with Crippen LogP contribution in [0.25, 0.3) is 0 Å². The number of urea groups is 1. The third-order valence-corrected chi connectivity index (χ3v) is 6.20. The monoisotopic (exact) mass is 618 g/mol. The van der Waals surface area contributed by atoms with Crippen molar-refractivity contribution in [2.75, 3.05) is 13.2 Å². The minimum Gasteiger partial charge on any atom is -0.459 e. The van der Waals surface area contributed by atoms with Crippen molar-refractivity contribution in [2.45, 2.75) is 31.5 Å². The number of esters is 3. The van der Waals surface area contributed by atoms with Gasteiger partial charge < -0.3 is 34.7 Å². The average Bonchev–Trinajstić information content (AvgIpc) is 3.35. The van der Waals surface area contributed by atoms with Crippen molar-refractivity contribution in [3.8, 4) is 0 Å². The van der Waals surface area contributed by atoms with Crippen molar-refractivity contribution in [1.29, 1.82) is 0 Å². The van der Waals surface area contributed by atoms with E-state index in [0.29, 0.717) is 0 Å². The second-order valence-corrected chi connectivity index (χ2v) is 9.33. The molecule has 234 valence electrons. The Balaban J connectivity index is 1.60. The first-order valence-corrected chi connectivity index (χ1v) is 13.7. The highest BCUT2D eigenvalue weighted by Gasteiger charge is 2.51. The number of nitrogens with two attached hydrogens (primary N) is 1. The first kappa shape index (κ1) is 32.2. The number of hydrogen-bond donors (Lipinski definition) is 3. The Hall–Kier alpha value is -5.76. The number of nitrogens with one attached hydrogen (secondary N) is 2. The molecule has 1 fully saturated rings. The number of benzene rings is 3. The maximum Gasteiger partial charge on any atom is 0.436 e. The van der Waals surface area contributed by atoms with Crippen molar-refractivity contribution >= 4 is 36.0 Å². The van der Waals surface area contributed by atoms with Crippen molar-refractivity contribution in [1.82, 2.24) is 10.6 Å². The molecule has 0 aliphatic carbocycles. The fraction of sp³-hybridized carbons (Fsp3) is 0.226. The Morgan fingerprint density at radius 1 is 0.733 bits per heavy atom. The van der Waals surface area contributed by atoms with Gasteiger partial charge in [0.25, 0.3) is 0 Å². The Labute approximate surface area is 257 Å². The van der Waals surface area contributed by atoms with Crippen LogP contribution >= 0.6 is 0 Å². The zero-order valence-corrected chi connectivity index (χ0v) is 24.0. The minimum atomic E-state index is -1.46. The third-order valence-electron chi connectivity index (χ3n) is 6.20. The molecule has 1 heterocycles. The molecule has 3 amide bonds. The molecule has 1 aliphatic heterocycles. The summed E-state index contributed by atoms with van der Waals surface area (Å²) in [6.45, 7) is 1.14. The maximum atomic E-state index is 13.1. The average molecular weight is 619 g/mol. The van der Waals surface area contributed by atoms with E-state index >= 15 is 0 Å². The van der Waals surface area contributed by atoms with E-state index in [-0.39, 0.29) is 23.3 Å². The lowest BCUT2D eigenvalue weighted by Crippen LogP contribution is -2.52. The van der Waals surface area contributed by atoms with Crippen molar-refractivity contribution in [2.24, 2.45) is 10.7 Å². The first-order chi connectivity index (χ1) is 21.7. The molecule has 4 N–H and O–H groups in total. The topological polar surface area (TPSA) is 194 Å². The Morgan fingerprint density at radius 2 is 1.22 bits per heavy atom. The largest absolute Gasteiger partial charge is 0.459 e. The van der Waals surface area contributed by atoms with Crippen LogP contribution in [0.3, 0.4) is 0 Å². The van der Waals surface area contributed by atoms with Crippen LogP contribution in [0.5, 0.6) is 0 Å². The lowest BCUT2D eigenvalue weighted by molar-refractivity contribution is -0.0461. The predicted molar refractivity (Wildman–Crippen MR) is 157 cm³/mol. The SMILES string of the molecule is CCOC(=O)/N=C(/N)NC(=O)NC1OC(COC(=O)c2ccccc2)C(OC(=O)c2ccccc2)C1OC(=O)c1ccccc1. The van der Waals surface area contributed by atoms with Gasteiger partial charge >= 0.3 is 30.0 Å². The third kappa shape index (κ3) is 9.11. The molecule has 3 aromatic carbocycles. The lowest BCUT2D eigenvalue weighted by Gasteiger charge is -2.24. The van der Waals surface area contributed by atoms with Gasteiger partial charge in [0.05, 0.1) is 23.3 Å². The lowest BCUT2D eigenvalue weighted by atomic mass is 10.1. The summed E-state index contributed by atoms with van der Waals surface area (Å²) in [6, 6.07) is 23.1. The van der Waals surface area contributed by atoms with Crippen LogP contribution in [-0.2, 0) is 23.7 Å². The molecule has 0 aromatic heterocycles. The number of hydrogen-bond acceptors (Lipinski definition) is 10. The maximum absolute atomic E-state index is 13.1. The van der Waals surface area contributed by atoms with E-state index in [2.05, 4.69) is 20.4 Å². The molecular formula is C31H30N4O10. The minimum absolute atomic E-state index is 0.0332. The van der Waals surface area contributed by atoms with E-state index in [1.807, 2.05) is 0 Å². The van der Waals surface area contributed by atoms with Gasteiger partial charge in [-0.3, -0.25) is 5.32 Å². The summed E-state index contributed by atoms with van der Waals surface area (Å²) in [4.78, 5) is 66.7. The van der Waals surface area contributed by atoms with E-state index in [1.54, 1.807) is 73.7 Å². The van der Waals surface area contributed by atoms with Gasteiger partial charge in [0.2, 0.25) is 5.96 Å². The molecule has 14 heteroatoms. The van der Waals surface area contributed by atoms with Gasteiger partial charge in [0.1, 0.15) is 12.7 Å². The van der Waals surface area contributed by atoms with Crippen LogP contribution in [-0.4, -0.2) is 73.7 Å². The highest BCUT2D eigenvalue weighted by molar-refractivity contribution is 5.99. The summed E-state index contributed by atoms with van der Waals surface area (Å²) in [7, 11) is 0. The Kier molecular flexibility index (Phi) is 11.2. The van der Waals surface area contributed by atoms with E-state index in [9.17, 15) is 24.0 Å². The smallest absolute Gasteiger partial charge is 0.436 e. The number of nitrogens with zero attached hydrogens (tertiary/aromatic N) is 1. The molecule has 45 heavy (non-hydrogen) atoms. The quantitative estimate of drug-likeness (QED) is 0.138. The molecule has 1 aliphatic rings. The Bertz CT molecular complexity index is 1520. The number of ether oxygens (including phenoxy) is 5. The molecule has 4 rings (SSSR count). The number of carbonyl (C=O) groups is 5. The zero-order valence-electron chi connectivity index (χ0n) is 24.0. The highest BCUT2D eigenvalue weighted by Crippen LogP contribution is 2.28. The summed E-state index contributed by atoms with van der Waals surface area (Å²) in [6.07, 6.45) is -6.52. The second kappa shape index (κ2) is 15.6. The highest BCUT2D eigenvalue weighted by atomic mass is 16.7. The van der Waals surface area contributed by atoms with E-state index in [1.165, 1.54) is 24.3 Å². The zero-order chi connectivity index (χ0) is 32.2. The van der Waals surface area contributed by atoms with Crippen molar-refractivity contribution < 1.29 is 47.7 Å². The molecule has 14 nitrogen and oxygen atoms in total. The fourth-order valence-corrected chi connectivity index (χ4v) is 4.16. The molecular weight excluding hydrogens is 588 g/mol. The molecule has 0 bridgehead atoms. The van der Waals surface area contributed by atoms with Gasteiger partial charge in [0, 0.05) is 0 Å². The van der Waals surface area contributed by atoms with E-state index in [4.69, 9.17) is 24.7 Å². The second-order valence-electron chi connectivity index (χ2n) is 9.33.